The second-order valence-corrected chi connectivity index (χ2v) is 8.59. The summed E-state index contributed by atoms with van der Waals surface area (Å²) < 4.78 is 28.4. The molecule has 0 spiro atoms. The Labute approximate surface area is 148 Å². The minimum atomic E-state index is -3.56. The van der Waals surface area contributed by atoms with Gasteiger partial charge < -0.3 is 10.4 Å². The molecule has 1 heterocycles. The molecule has 0 saturated heterocycles. The molecule has 1 aliphatic heterocycles. The average Bonchev–Trinajstić information content (AvgIpc) is 2.62. The number of aromatic hydroxyl groups is 1. The van der Waals surface area contributed by atoms with Crippen LogP contribution in [-0.4, -0.2) is 19.7 Å². The Morgan fingerprint density at radius 2 is 1.72 bits per heavy atom. The molecule has 1 saturated carbocycles. The molecule has 1 unspecified atom stereocenters. The molecule has 2 aromatic carbocycles. The normalized spacial score (nSPS) is 22.8. The Hall–Kier alpha value is -2.05. The smallest absolute Gasteiger partial charge is 0.244 e. The van der Waals surface area contributed by atoms with Crippen molar-refractivity contribution in [2.75, 3.05) is 5.32 Å². The number of sulfonamides is 1. The second-order valence-electron chi connectivity index (χ2n) is 6.90. The van der Waals surface area contributed by atoms with E-state index in [2.05, 4.69) is 10.0 Å². The van der Waals surface area contributed by atoms with Crippen molar-refractivity contribution in [2.24, 2.45) is 5.92 Å². The van der Waals surface area contributed by atoms with Gasteiger partial charge in [-0.15, -0.1) is 0 Å². The molecule has 6 heteroatoms. The summed E-state index contributed by atoms with van der Waals surface area (Å²) in [5, 5.41) is 13.0. The second kappa shape index (κ2) is 6.35. The highest BCUT2D eigenvalue weighted by Crippen LogP contribution is 2.35. The van der Waals surface area contributed by atoms with Crippen molar-refractivity contribution < 1.29 is 13.5 Å². The quantitative estimate of drug-likeness (QED) is 0.765. The van der Waals surface area contributed by atoms with Crippen molar-refractivity contribution in [1.82, 2.24) is 4.72 Å². The number of benzene rings is 2. The van der Waals surface area contributed by atoms with Gasteiger partial charge in [-0.25, -0.2) is 8.42 Å². The lowest BCUT2D eigenvalue weighted by Crippen LogP contribution is -2.49. The molecule has 25 heavy (non-hydrogen) atoms. The first-order chi connectivity index (χ1) is 12.0. The molecular weight excluding hydrogens is 336 g/mol. The van der Waals surface area contributed by atoms with E-state index in [0.717, 1.165) is 36.8 Å². The lowest BCUT2D eigenvalue weighted by atomic mass is 9.87. The van der Waals surface area contributed by atoms with Gasteiger partial charge in [0.15, 0.2) is 0 Å². The fourth-order valence-corrected chi connectivity index (χ4v) is 5.25. The van der Waals surface area contributed by atoms with Crippen LogP contribution in [0.15, 0.2) is 47.4 Å². The third-order valence-corrected chi connectivity index (χ3v) is 6.65. The average molecular weight is 358 g/mol. The van der Waals surface area contributed by atoms with Gasteiger partial charge in [-0.1, -0.05) is 37.5 Å². The molecule has 2 aliphatic rings. The van der Waals surface area contributed by atoms with Gasteiger partial charge in [0.2, 0.25) is 10.0 Å². The first-order valence-electron chi connectivity index (χ1n) is 8.75. The zero-order valence-corrected chi connectivity index (χ0v) is 14.7. The summed E-state index contributed by atoms with van der Waals surface area (Å²) in [5.74, 6) is 0.495. The molecule has 4 rings (SSSR count). The van der Waals surface area contributed by atoms with E-state index in [9.17, 15) is 13.5 Å². The van der Waals surface area contributed by atoms with Gasteiger partial charge >= 0.3 is 0 Å². The SMILES string of the molecule is O=S1(=O)NC(C2CCCCC2)Nc2ccc(-c3cccc(O)c3)cc21. The van der Waals surface area contributed by atoms with Gasteiger partial charge in [-0.2, -0.15) is 4.72 Å². The summed E-state index contributed by atoms with van der Waals surface area (Å²) in [6, 6.07) is 12.2. The van der Waals surface area contributed by atoms with Gasteiger partial charge in [-0.3, -0.25) is 0 Å². The van der Waals surface area contributed by atoms with E-state index in [1.54, 1.807) is 24.3 Å². The van der Waals surface area contributed by atoms with Crippen molar-refractivity contribution in [2.45, 2.75) is 43.2 Å². The van der Waals surface area contributed by atoms with E-state index in [-0.39, 0.29) is 16.8 Å². The number of hydrogen-bond acceptors (Lipinski definition) is 4. The molecule has 2 aromatic rings. The van der Waals surface area contributed by atoms with Crippen LogP contribution in [-0.2, 0) is 10.0 Å². The summed E-state index contributed by atoms with van der Waals surface area (Å²) in [5.41, 5.74) is 2.20. The summed E-state index contributed by atoms with van der Waals surface area (Å²) in [6.45, 7) is 0. The highest BCUT2D eigenvalue weighted by atomic mass is 32.2. The molecule has 5 nitrogen and oxygen atoms in total. The maximum Gasteiger partial charge on any atom is 0.244 e. The van der Waals surface area contributed by atoms with Crippen molar-refractivity contribution >= 4 is 15.7 Å². The summed E-state index contributed by atoms with van der Waals surface area (Å²) >= 11 is 0. The lowest BCUT2D eigenvalue weighted by Gasteiger charge is -2.35. The number of hydrogen-bond donors (Lipinski definition) is 3. The van der Waals surface area contributed by atoms with Crippen LogP contribution in [0.1, 0.15) is 32.1 Å². The van der Waals surface area contributed by atoms with E-state index >= 15 is 0 Å². The van der Waals surface area contributed by atoms with Crippen molar-refractivity contribution in [1.29, 1.82) is 0 Å². The van der Waals surface area contributed by atoms with Crippen LogP contribution < -0.4 is 10.0 Å². The Bertz CT molecular complexity index is 889. The maximum absolute atomic E-state index is 12.8. The van der Waals surface area contributed by atoms with Crippen LogP contribution in [0.25, 0.3) is 11.1 Å². The van der Waals surface area contributed by atoms with Gasteiger partial charge in [0, 0.05) is 0 Å². The highest BCUT2D eigenvalue weighted by Gasteiger charge is 2.34. The van der Waals surface area contributed by atoms with Gasteiger partial charge in [0.05, 0.1) is 11.9 Å². The van der Waals surface area contributed by atoms with Crippen LogP contribution in [0, 0.1) is 5.92 Å². The molecule has 132 valence electrons. The predicted octanol–water partition coefficient (Wildman–Crippen LogP) is 3.67. The number of fused-ring (bicyclic) bond motifs is 1. The number of phenolic OH excluding ortho intramolecular Hbond substituents is 1. The molecule has 0 radical (unpaired) electrons. The van der Waals surface area contributed by atoms with Crippen LogP contribution in [0.2, 0.25) is 0 Å². The fourth-order valence-electron chi connectivity index (χ4n) is 3.84. The summed E-state index contributed by atoms with van der Waals surface area (Å²) in [7, 11) is -3.56. The molecule has 1 fully saturated rings. The molecule has 0 amide bonds. The standard InChI is InChI=1S/C19H22N2O3S/c22-16-8-4-7-14(11-16)15-9-10-17-18(12-15)25(23,24)21-19(20-17)13-5-2-1-3-6-13/h4,7-13,19-22H,1-3,5-6H2. The first-order valence-corrected chi connectivity index (χ1v) is 10.2. The van der Waals surface area contributed by atoms with Crippen LogP contribution in [0.3, 0.4) is 0 Å². The van der Waals surface area contributed by atoms with Gasteiger partial charge in [0.1, 0.15) is 10.6 Å². The molecule has 3 N–H and O–H groups in total. The van der Waals surface area contributed by atoms with Crippen LogP contribution in [0.4, 0.5) is 5.69 Å². The molecule has 1 aliphatic carbocycles. The first kappa shape index (κ1) is 16.4. The van der Waals surface area contributed by atoms with E-state index in [4.69, 9.17) is 0 Å². The monoisotopic (exact) mass is 358 g/mol. The Kier molecular flexibility index (Phi) is 4.17. The van der Waals surface area contributed by atoms with E-state index in [1.165, 1.54) is 6.42 Å². The largest absolute Gasteiger partial charge is 0.508 e. The van der Waals surface area contributed by atoms with Crippen molar-refractivity contribution in [3.63, 3.8) is 0 Å². The number of phenols is 1. The third-order valence-electron chi connectivity index (χ3n) is 5.16. The summed E-state index contributed by atoms with van der Waals surface area (Å²) in [6.07, 6.45) is 5.43. The summed E-state index contributed by atoms with van der Waals surface area (Å²) in [4.78, 5) is 0.264. The Balaban J connectivity index is 1.68. The molecule has 0 aromatic heterocycles. The van der Waals surface area contributed by atoms with Gasteiger partial charge in [0.25, 0.3) is 0 Å². The fraction of sp³-hybridized carbons (Fsp3) is 0.368. The number of anilines is 1. The maximum atomic E-state index is 12.8. The topological polar surface area (TPSA) is 78.4 Å². The lowest BCUT2D eigenvalue weighted by molar-refractivity contribution is 0.306. The molecular formula is C19H22N2O3S. The highest BCUT2D eigenvalue weighted by molar-refractivity contribution is 7.89. The number of nitrogens with one attached hydrogen (secondary N) is 2. The van der Waals surface area contributed by atoms with E-state index < -0.39 is 10.0 Å². The van der Waals surface area contributed by atoms with Crippen molar-refractivity contribution in [3.8, 4) is 16.9 Å². The van der Waals surface area contributed by atoms with Crippen LogP contribution in [0.5, 0.6) is 5.75 Å². The third kappa shape index (κ3) is 3.24. The zero-order chi connectivity index (χ0) is 17.4. The van der Waals surface area contributed by atoms with Crippen molar-refractivity contribution in [3.05, 3.63) is 42.5 Å². The Morgan fingerprint density at radius 1 is 0.960 bits per heavy atom. The molecule has 0 bridgehead atoms. The van der Waals surface area contributed by atoms with Crippen LogP contribution >= 0.6 is 0 Å². The minimum absolute atomic E-state index is 0.159. The number of rotatable bonds is 2. The van der Waals surface area contributed by atoms with E-state index in [0.29, 0.717) is 11.6 Å². The van der Waals surface area contributed by atoms with Gasteiger partial charge in [-0.05, 0) is 54.2 Å². The Morgan fingerprint density at radius 3 is 2.48 bits per heavy atom. The predicted molar refractivity (Wildman–Crippen MR) is 97.9 cm³/mol. The van der Waals surface area contributed by atoms with E-state index in [1.807, 2.05) is 18.2 Å². The minimum Gasteiger partial charge on any atom is -0.508 e. The molecule has 1 atom stereocenters. The zero-order valence-electron chi connectivity index (χ0n) is 13.9.